The van der Waals surface area contributed by atoms with Crippen LogP contribution in [0.15, 0.2) is 67.0 Å². The molecule has 25 heavy (non-hydrogen) atoms. The first-order valence-corrected chi connectivity index (χ1v) is 8.29. The molecule has 4 heteroatoms. The molecule has 0 spiro atoms. The molecule has 1 amide bonds. The van der Waals surface area contributed by atoms with Gasteiger partial charge in [-0.3, -0.25) is 9.78 Å². The summed E-state index contributed by atoms with van der Waals surface area (Å²) < 4.78 is 5.65. The summed E-state index contributed by atoms with van der Waals surface area (Å²) in [4.78, 5) is 19.3. The zero-order chi connectivity index (χ0) is 17.2. The molecule has 0 atom stereocenters. The van der Waals surface area contributed by atoms with Crippen molar-refractivity contribution in [2.75, 3.05) is 18.1 Å². The number of amides is 1. The van der Waals surface area contributed by atoms with Crippen LogP contribution in [0.2, 0.25) is 0 Å². The van der Waals surface area contributed by atoms with Crippen molar-refractivity contribution in [2.24, 2.45) is 0 Å². The van der Waals surface area contributed by atoms with Crippen LogP contribution in [0.4, 0.5) is 5.69 Å². The Bertz CT molecular complexity index is 922. The van der Waals surface area contributed by atoms with E-state index >= 15 is 0 Å². The third kappa shape index (κ3) is 2.76. The van der Waals surface area contributed by atoms with Gasteiger partial charge in [-0.1, -0.05) is 42.5 Å². The molecule has 1 aliphatic rings. The monoisotopic (exact) mass is 330 g/mol. The quantitative estimate of drug-likeness (QED) is 0.710. The van der Waals surface area contributed by atoms with Gasteiger partial charge in [-0.2, -0.15) is 0 Å². The third-order valence-electron chi connectivity index (χ3n) is 4.50. The Morgan fingerprint density at radius 3 is 2.64 bits per heavy atom. The van der Waals surface area contributed by atoms with E-state index in [0.717, 1.165) is 28.1 Å². The third-order valence-corrected chi connectivity index (χ3v) is 4.50. The fourth-order valence-corrected chi connectivity index (χ4v) is 3.18. The predicted molar refractivity (Wildman–Crippen MR) is 98.0 cm³/mol. The van der Waals surface area contributed by atoms with Crippen molar-refractivity contribution in [1.29, 1.82) is 0 Å². The zero-order valence-corrected chi connectivity index (χ0v) is 14.0. The fraction of sp³-hybridized carbons (Fsp3) is 0.143. The summed E-state index contributed by atoms with van der Waals surface area (Å²) in [6, 6.07) is 17.6. The minimum Gasteiger partial charge on any atom is -0.490 e. The van der Waals surface area contributed by atoms with Crippen LogP contribution in [-0.4, -0.2) is 24.0 Å². The molecule has 0 unspecified atom stereocenters. The number of rotatable bonds is 2. The van der Waals surface area contributed by atoms with Crippen LogP contribution in [0.3, 0.4) is 0 Å². The highest BCUT2D eigenvalue weighted by Gasteiger charge is 2.26. The van der Waals surface area contributed by atoms with E-state index in [9.17, 15) is 4.79 Å². The van der Waals surface area contributed by atoms with Gasteiger partial charge in [0, 0.05) is 18.0 Å². The number of anilines is 1. The Labute approximate surface area is 146 Å². The number of ether oxygens (including phenoxy) is 1. The summed E-state index contributed by atoms with van der Waals surface area (Å²) in [6.07, 6.45) is 3.47. The molecule has 1 aliphatic heterocycles. The zero-order valence-electron chi connectivity index (χ0n) is 14.0. The van der Waals surface area contributed by atoms with Crippen LogP contribution in [0, 0.1) is 6.92 Å². The van der Waals surface area contributed by atoms with Crippen LogP contribution in [0.5, 0.6) is 5.75 Å². The van der Waals surface area contributed by atoms with E-state index in [0.29, 0.717) is 18.7 Å². The van der Waals surface area contributed by atoms with Crippen molar-refractivity contribution in [3.63, 3.8) is 0 Å². The number of fused-ring (bicyclic) bond motifs is 1. The van der Waals surface area contributed by atoms with E-state index in [4.69, 9.17) is 4.74 Å². The number of aromatic nitrogens is 1. The average molecular weight is 330 g/mol. The van der Waals surface area contributed by atoms with Gasteiger partial charge in [0.15, 0.2) is 0 Å². The smallest absolute Gasteiger partial charge is 0.260 e. The number of benzene rings is 2. The first-order chi connectivity index (χ1) is 12.3. The van der Waals surface area contributed by atoms with Gasteiger partial charge in [0.1, 0.15) is 12.4 Å². The van der Waals surface area contributed by atoms with Crippen LogP contribution < -0.4 is 9.64 Å². The first-order valence-electron chi connectivity index (χ1n) is 8.29. The summed E-state index contributed by atoms with van der Waals surface area (Å²) in [7, 11) is 0. The Morgan fingerprint density at radius 1 is 1.04 bits per heavy atom. The average Bonchev–Trinajstić information content (AvgIpc) is 2.68. The van der Waals surface area contributed by atoms with Gasteiger partial charge in [-0.15, -0.1) is 0 Å². The van der Waals surface area contributed by atoms with Crippen LogP contribution in [-0.2, 0) is 0 Å². The van der Waals surface area contributed by atoms with Gasteiger partial charge in [0.25, 0.3) is 5.91 Å². The normalized spacial score (nSPS) is 13.1. The maximum atomic E-state index is 13.2. The molecule has 0 radical (unpaired) electrons. The molecule has 2 heterocycles. The lowest BCUT2D eigenvalue weighted by atomic mass is 9.98. The molecule has 0 fully saturated rings. The number of pyridine rings is 1. The van der Waals surface area contributed by atoms with Crippen LogP contribution in [0.25, 0.3) is 11.1 Å². The molecule has 0 aliphatic carbocycles. The molecule has 4 rings (SSSR count). The molecule has 124 valence electrons. The van der Waals surface area contributed by atoms with E-state index in [1.54, 1.807) is 11.1 Å². The van der Waals surface area contributed by atoms with E-state index in [2.05, 4.69) is 4.98 Å². The number of nitrogens with zero attached hydrogens (tertiary/aromatic N) is 2. The first kappa shape index (κ1) is 15.4. The molecular weight excluding hydrogens is 312 g/mol. The topological polar surface area (TPSA) is 42.4 Å². The highest BCUT2D eigenvalue weighted by atomic mass is 16.5. The molecule has 2 aromatic carbocycles. The summed E-state index contributed by atoms with van der Waals surface area (Å²) in [6.45, 7) is 3.00. The largest absolute Gasteiger partial charge is 0.490 e. The maximum absolute atomic E-state index is 13.2. The minimum absolute atomic E-state index is 0.0430. The molecule has 3 aromatic rings. The molecular formula is C21H18N2O2. The van der Waals surface area contributed by atoms with Gasteiger partial charge in [-0.25, -0.2) is 0 Å². The van der Waals surface area contributed by atoms with Crippen molar-refractivity contribution in [1.82, 2.24) is 4.98 Å². The Morgan fingerprint density at radius 2 is 1.80 bits per heavy atom. The second-order valence-electron chi connectivity index (χ2n) is 6.00. The number of para-hydroxylation sites is 2. The van der Waals surface area contributed by atoms with Crippen molar-refractivity contribution >= 4 is 11.6 Å². The molecule has 0 N–H and O–H groups in total. The summed E-state index contributed by atoms with van der Waals surface area (Å²) in [5.41, 5.74) is 4.41. The summed E-state index contributed by atoms with van der Waals surface area (Å²) in [5.74, 6) is 0.699. The second-order valence-corrected chi connectivity index (χ2v) is 6.00. The van der Waals surface area contributed by atoms with Crippen LogP contribution in [0.1, 0.15) is 15.9 Å². The molecule has 1 aromatic heterocycles. The van der Waals surface area contributed by atoms with Crippen molar-refractivity contribution in [3.8, 4) is 16.9 Å². The SMILES string of the molecule is Cc1c(C(=O)N2CCOc3ccccc32)cncc1-c1ccccc1. The Kier molecular flexibility index (Phi) is 3.94. The summed E-state index contributed by atoms with van der Waals surface area (Å²) in [5, 5.41) is 0. The number of hydrogen-bond donors (Lipinski definition) is 0. The van der Waals surface area contributed by atoms with Crippen molar-refractivity contribution in [3.05, 3.63) is 78.1 Å². The minimum atomic E-state index is -0.0430. The number of hydrogen-bond acceptors (Lipinski definition) is 3. The van der Waals surface area contributed by atoms with Crippen LogP contribution >= 0.6 is 0 Å². The van der Waals surface area contributed by atoms with Gasteiger partial charge < -0.3 is 9.64 Å². The fourth-order valence-electron chi connectivity index (χ4n) is 3.18. The second kappa shape index (κ2) is 6.40. The maximum Gasteiger partial charge on any atom is 0.260 e. The molecule has 0 saturated heterocycles. The highest BCUT2D eigenvalue weighted by molar-refractivity contribution is 6.08. The lowest BCUT2D eigenvalue weighted by Crippen LogP contribution is -2.38. The lowest BCUT2D eigenvalue weighted by molar-refractivity contribution is 0.0975. The van der Waals surface area contributed by atoms with Gasteiger partial charge in [-0.05, 0) is 30.2 Å². The van der Waals surface area contributed by atoms with Gasteiger partial charge in [0.05, 0.1) is 17.8 Å². The number of carbonyl (C=O) groups is 1. The van der Waals surface area contributed by atoms with E-state index in [1.807, 2.05) is 67.7 Å². The highest BCUT2D eigenvalue weighted by Crippen LogP contribution is 2.33. The Hall–Kier alpha value is -3.14. The molecule has 0 saturated carbocycles. The predicted octanol–water partition coefficient (Wildman–Crippen LogP) is 4.10. The Balaban J connectivity index is 1.75. The van der Waals surface area contributed by atoms with Crippen molar-refractivity contribution < 1.29 is 9.53 Å². The lowest BCUT2D eigenvalue weighted by Gasteiger charge is -2.30. The molecule has 0 bridgehead atoms. The van der Waals surface area contributed by atoms with E-state index in [1.165, 1.54) is 0 Å². The summed E-state index contributed by atoms with van der Waals surface area (Å²) >= 11 is 0. The molecule has 4 nitrogen and oxygen atoms in total. The van der Waals surface area contributed by atoms with Gasteiger partial charge >= 0.3 is 0 Å². The van der Waals surface area contributed by atoms with E-state index < -0.39 is 0 Å². The van der Waals surface area contributed by atoms with E-state index in [-0.39, 0.29) is 5.91 Å². The number of carbonyl (C=O) groups excluding carboxylic acids is 1. The standard InChI is InChI=1S/C21H18N2O2/c1-15-17(16-7-3-2-4-8-16)13-22-14-18(15)21(24)23-11-12-25-20-10-6-5-9-19(20)23/h2-10,13-14H,11-12H2,1H3. The van der Waals surface area contributed by atoms with Crippen molar-refractivity contribution in [2.45, 2.75) is 6.92 Å². The van der Waals surface area contributed by atoms with Gasteiger partial charge in [0.2, 0.25) is 0 Å².